The van der Waals surface area contributed by atoms with Crippen LogP contribution in [0, 0.1) is 0 Å². The van der Waals surface area contributed by atoms with Gasteiger partial charge in [0.1, 0.15) is 12.1 Å². The second-order valence-electron chi connectivity index (χ2n) is 5.48. The smallest absolute Gasteiger partial charge is 0.256 e. The van der Waals surface area contributed by atoms with Gasteiger partial charge in [-0.15, -0.1) is 0 Å². The summed E-state index contributed by atoms with van der Waals surface area (Å²) in [7, 11) is -0.644. The molecule has 10 heteroatoms. The van der Waals surface area contributed by atoms with E-state index in [1.807, 2.05) is 0 Å². The molecule has 3 aromatic rings. The monoisotopic (exact) mass is 372 g/mol. The van der Waals surface area contributed by atoms with E-state index in [-0.39, 0.29) is 4.90 Å². The topological polar surface area (TPSA) is 110 Å². The first-order valence-corrected chi connectivity index (χ1v) is 8.98. The molecule has 26 heavy (non-hydrogen) atoms. The summed E-state index contributed by atoms with van der Waals surface area (Å²) in [6.45, 7) is 0. The van der Waals surface area contributed by atoms with Crippen LogP contribution >= 0.6 is 0 Å². The van der Waals surface area contributed by atoms with E-state index in [4.69, 9.17) is 0 Å². The van der Waals surface area contributed by atoms with Crippen molar-refractivity contribution in [2.24, 2.45) is 0 Å². The van der Waals surface area contributed by atoms with Crippen LogP contribution in [0.2, 0.25) is 0 Å². The van der Waals surface area contributed by atoms with E-state index in [0.717, 1.165) is 4.31 Å². The summed E-state index contributed by atoms with van der Waals surface area (Å²) in [5.41, 5.74) is 0.307. The molecule has 1 aromatic carbocycles. The molecule has 1 N–H and O–H groups in total. The highest BCUT2D eigenvalue weighted by Crippen LogP contribution is 2.15. The highest BCUT2D eigenvalue weighted by Gasteiger charge is 2.17. The third-order valence-corrected chi connectivity index (χ3v) is 5.36. The zero-order valence-corrected chi connectivity index (χ0v) is 14.9. The van der Waals surface area contributed by atoms with E-state index < -0.39 is 15.9 Å². The molecular weight excluding hydrogens is 356 g/mol. The highest BCUT2D eigenvalue weighted by molar-refractivity contribution is 7.89. The molecule has 0 aliphatic rings. The van der Waals surface area contributed by atoms with Crippen molar-refractivity contribution in [3.05, 3.63) is 60.7 Å². The Morgan fingerprint density at radius 2 is 1.88 bits per heavy atom. The van der Waals surface area contributed by atoms with Gasteiger partial charge in [0, 0.05) is 38.1 Å². The molecule has 2 heterocycles. The fourth-order valence-corrected chi connectivity index (χ4v) is 3.02. The number of sulfonamides is 1. The number of hydrogen-bond acceptors (Lipinski definition) is 6. The fraction of sp³-hybridized carbons (Fsp3) is 0.125. The quantitative estimate of drug-likeness (QED) is 0.720. The van der Waals surface area contributed by atoms with Crippen LogP contribution < -0.4 is 5.32 Å². The van der Waals surface area contributed by atoms with Gasteiger partial charge in [-0.05, 0) is 30.3 Å². The number of benzene rings is 1. The van der Waals surface area contributed by atoms with Gasteiger partial charge in [-0.25, -0.2) is 27.4 Å². The maximum atomic E-state index is 12.4. The Morgan fingerprint density at radius 3 is 2.50 bits per heavy atom. The van der Waals surface area contributed by atoms with E-state index in [0.29, 0.717) is 17.2 Å². The van der Waals surface area contributed by atoms with E-state index in [1.54, 1.807) is 24.5 Å². The molecule has 0 aliphatic heterocycles. The van der Waals surface area contributed by atoms with Crippen molar-refractivity contribution >= 4 is 21.7 Å². The van der Waals surface area contributed by atoms with Gasteiger partial charge in [0.2, 0.25) is 10.0 Å². The van der Waals surface area contributed by atoms with E-state index in [2.05, 4.69) is 20.4 Å². The number of carbonyl (C=O) groups is 1. The van der Waals surface area contributed by atoms with Gasteiger partial charge in [0.15, 0.2) is 5.82 Å². The van der Waals surface area contributed by atoms with E-state index in [1.165, 1.54) is 49.4 Å². The summed E-state index contributed by atoms with van der Waals surface area (Å²) >= 11 is 0. The lowest BCUT2D eigenvalue weighted by Crippen LogP contribution is -2.22. The van der Waals surface area contributed by atoms with Crippen molar-refractivity contribution in [1.29, 1.82) is 0 Å². The summed E-state index contributed by atoms with van der Waals surface area (Å²) in [5.74, 6) is 0.400. The van der Waals surface area contributed by atoms with Crippen molar-refractivity contribution in [1.82, 2.24) is 24.1 Å². The number of nitrogens with one attached hydrogen (secondary N) is 1. The van der Waals surface area contributed by atoms with Gasteiger partial charge in [0.25, 0.3) is 5.91 Å². The Hall–Kier alpha value is -3.11. The normalized spacial score (nSPS) is 11.5. The molecule has 0 saturated carbocycles. The van der Waals surface area contributed by atoms with Crippen LogP contribution in [0.4, 0.5) is 5.82 Å². The van der Waals surface area contributed by atoms with Gasteiger partial charge < -0.3 is 5.32 Å². The van der Waals surface area contributed by atoms with Crippen molar-refractivity contribution < 1.29 is 13.2 Å². The molecule has 0 bridgehead atoms. The lowest BCUT2D eigenvalue weighted by atomic mass is 10.2. The minimum Gasteiger partial charge on any atom is -0.306 e. The summed E-state index contributed by atoms with van der Waals surface area (Å²) in [6.07, 6.45) is 4.65. The molecule has 0 spiro atoms. The minimum absolute atomic E-state index is 0.113. The Labute approximate surface area is 150 Å². The maximum Gasteiger partial charge on any atom is 0.256 e. The zero-order valence-electron chi connectivity index (χ0n) is 14.1. The minimum atomic E-state index is -3.54. The highest BCUT2D eigenvalue weighted by atomic mass is 32.2. The number of rotatable bonds is 5. The number of aromatic nitrogens is 4. The third kappa shape index (κ3) is 3.60. The molecule has 134 valence electrons. The van der Waals surface area contributed by atoms with Crippen LogP contribution in [0.3, 0.4) is 0 Å². The second kappa shape index (κ2) is 7.02. The molecule has 3 rings (SSSR count). The van der Waals surface area contributed by atoms with Crippen LogP contribution in [0.15, 0.2) is 60.0 Å². The van der Waals surface area contributed by atoms with Crippen molar-refractivity contribution in [3.8, 4) is 5.82 Å². The summed E-state index contributed by atoms with van der Waals surface area (Å²) < 4.78 is 26.8. The standard InChI is InChI=1S/C16H16N6O3S/c1-21(2)26(24,25)13-6-4-12(5-7-13)16(23)20-14-10-15(18-11-17-14)22-9-3-8-19-22/h3-11H,1-2H3,(H,17,18,20,23). The first kappa shape index (κ1) is 17.7. The Kier molecular flexibility index (Phi) is 4.78. The Bertz CT molecular complexity index is 1010. The second-order valence-corrected chi connectivity index (χ2v) is 7.63. The number of carbonyl (C=O) groups excluding carboxylic acids is 1. The van der Waals surface area contributed by atoms with Gasteiger partial charge >= 0.3 is 0 Å². The number of nitrogens with zero attached hydrogens (tertiary/aromatic N) is 5. The van der Waals surface area contributed by atoms with Crippen LogP contribution in [-0.2, 0) is 10.0 Å². The van der Waals surface area contributed by atoms with Gasteiger partial charge in [-0.3, -0.25) is 4.79 Å². The molecule has 0 unspecified atom stereocenters. The first-order valence-electron chi connectivity index (χ1n) is 7.54. The van der Waals surface area contributed by atoms with Gasteiger partial charge in [0.05, 0.1) is 4.90 Å². The number of anilines is 1. The lowest BCUT2D eigenvalue weighted by Gasteiger charge is -2.11. The van der Waals surface area contributed by atoms with Crippen LogP contribution in [-0.4, -0.2) is 52.5 Å². The average molecular weight is 372 g/mol. The predicted molar refractivity (Wildman–Crippen MR) is 94.4 cm³/mol. The third-order valence-electron chi connectivity index (χ3n) is 3.53. The van der Waals surface area contributed by atoms with Crippen molar-refractivity contribution in [3.63, 3.8) is 0 Å². The van der Waals surface area contributed by atoms with Crippen molar-refractivity contribution in [2.75, 3.05) is 19.4 Å². The molecular formula is C16H16N6O3S. The van der Waals surface area contributed by atoms with Crippen LogP contribution in [0.5, 0.6) is 0 Å². The number of amides is 1. The Balaban J connectivity index is 1.78. The molecule has 9 nitrogen and oxygen atoms in total. The van der Waals surface area contributed by atoms with Crippen LogP contribution in [0.1, 0.15) is 10.4 Å². The van der Waals surface area contributed by atoms with Gasteiger partial charge in [-0.1, -0.05) is 0 Å². The maximum absolute atomic E-state index is 12.4. The van der Waals surface area contributed by atoms with Gasteiger partial charge in [-0.2, -0.15) is 5.10 Å². The fourth-order valence-electron chi connectivity index (χ4n) is 2.12. The molecule has 0 aliphatic carbocycles. The first-order chi connectivity index (χ1) is 12.4. The molecule has 0 saturated heterocycles. The molecule has 2 aromatic heterocycles. The lowest BCUT2D eigenvalue weighted by molar-refractivity contribution is 0.102. The SMILES string of the molecule is CN(C)S(=O)(=O)c1ccc(C(=O)Nc2cc(-n3cccn3)ncn2)cc1. The Morgan fingerprint density at radius 1 is 1.15 bits per heavy atom. The molecule has 1 amide bonds. The molecule has 0 fully saturated rings. The number of hydrogen-bond donors (Lipinski definition) is 1. The molecule has 0 radical (unpaired) electrons. The predicted octanol–water partition coefficient (Wildman–Crippen LogP) is 1.16. The van der Waals surface area contributed by atoms with E-state index in [9.17, 15) is 13.2 Å². The summed E-state index contributed by atoms with van der Waals surface area (Å²) in [6, 6.07) is 9.00. The zero-order chi connectivity index (χ0) is 18.7. The van der Waals surface area contributed by atoms with Crippen LogP contribution in [0.25, 0.3) is 5.82 Å². The largest absolute Gasteiger partial charge is 0.306 e. The van der Waals surface area contributed by atoms with Crippen molar-refractivity contribution in [2.45, 2.75) is 4.90 Å². The summed E-state index contributed by atoms with van der Waals surface area (Å²) in [5, 5.41) is 6.72. The molecule has 0 atom stereocenters. The van der Waals surface area contributed by atoms with E-state index >= 15 is 0 Å². The average Bonchev–Trinajstić information content (AvgIpc) is 3.16. The summed E-state index contributed by atoms with van der Waals surface area (Å²) in [4.78, 5) is 20.6.